The lowest BCUT2D eigenvalue weighted by atomic mass is 9.79. The fraction of sp³-hybridized carbons (Fsp3) is 0.917. The van der Waals surface area contributed by atoms with Gasteiger partial charge in [0.1, 0.15) is 6.61 Å². The number of aliphatic hydroxyl groups excluding tert-OH is 1. The Morgan fingerprint density at radius 3 is 2.44 bits per heavy atom. The maximum absolute atomic E-state index is 11.3. The summed E-state index contributed by atoms with van der Waals surface area (Å²) in [7, 11) is 0. The summed E-state index contributed by atoms with van der Waals surface area (Å²) in [6, 6.07) is 0. The Hall–Kier alpha value is -0.610. The average Bonchev–Trinajstić information content (AvgIpc) is 2.73. The van der Waals surface area contributed by atoms with Crippen molar-refractivity contribution in [3.8, 4) is 0 Å². The molecule has 2 rings (SSSR count). The zero-order valence-corrected chi connectivity index (χ0v) is 10.7. The molecular formula is C12H24N2O2. The first kappa shape index (κ1) is 13.5. The molecule has 0 atom stereocenters. The molecule has 0 aromatic rings. The van der Waals surface area contributed by atoms with E-state index in [1.807, 2.05) is 13.8 Å². The number of carbonyl (C=O) groups excluding carboxylic acids is 1. The van der Waals surface area contributed by atoms with Crippen LogP contribution in [0, 0.1) is 5.41 Å². The number of hydrogen-bond donors (Lipinski definition) is 1. The first-order chi connectivity index (χ1) is 7.69. The van der Waals surface area contributed by atoms with E-state index < -0.39 is 0 Å². The van der Waals surface area contributed by atoms with Crippen LogP contribution in [0.15, 0.2) is 0 Å². The number of hydrogen-bond acceptors (Lipinski definition) is 3. The van der Waals surface area contributed by atoms with Crippen LogP contribution in [0.3, 0.4) is 0 Å². The van der Waals surface area contributed by atoms with Gasteiger partial charge in [0.2, 0.25) is 5.91 Å². The number of likely N-dealkylation sites (tertiary alicyclic amines) is 2. The first-order valence-electron chi connectivity index (χ1n) is 6.30. The lowest BCUT2D eigenvalue weighted by Gasteiger charge is -2.47. The van der Waals surface area contributed by atoms with Crippen LogP contribution in [0.5, 0.6) is 0 Å². The predicted octanol–water partition coefficient (Wildman–Crippen LogP) is 0.559. The van der Waals surface area contributed by atoms with E-state index in [4.69, 9.17) is 5.11 Å². The Morgan fingerprint density at radius 1 is 1.31 bits per heavy atom. The number of rotatable bonds is 2. The highest BCUT2D eigenvalue weighted by Gasteiger charge is 2.47. The van der Waals surface area contributed by atoms with Gasteiger partial charge >= 0.3 is 0 Å². The smallest absolute Gasteiger partial charge is 0.248 e. The molecule has 2 aliphatic rings. The molecular weight excluding hydrogens is 204 g/mol. The van der Waals surface area contributed by atoms with Gasteiger partial charge in [-0.1, -0.05) is 20.8 Å². The molecule has 1 N–H and O–H groups in total. The van der Waals surface area contributed by atoms with Gasteiger partial charge < -0.3 is 14.9 Å². The van der Waals surface area contributed by atoms with Gasteiger partial charge in [-0.3, -0.25) is 4.79 Å². The Labute approximate surface area is 98.2 Å². The maximum Gasteiger partial charge on any atom is 0.248 e. The summed E-state index contributed by atoms with van der Waals surface area (Å²) >= 11 is 0. The molecule has 2 saturated heterocycles. The molecule has 1 spiro atoms. The van der Waals surface area contributed by atoms with E-state index in [2.05, 4.69) is 11.8 Å². The van der Waals surface area contributed by atoms with Gasteiger partial charge in [-0.25, -0.2) is 0 Å². The van der Waals surface area contributed by atoms with E-state index in [1.54, 1.807) is 4.90 Å². The fourth-order valence-corrected chi connectivity index (χ4v) is 2.63. The van der Waals surface area contributed by atoms with Gasteiger partial charge in [-0.15, -0.1) is 0 Å². The quantitative estimate of drug-likeness (QED) is 0.751. The van der Waals surface area contributed by atoms with E-state index in [-0.39, 0.29) is 12.5 Å². The van der Waals surface area contributed by atoms with Crippen LogP contribution >= 0.6 is 0 Å². The molecule has 2 aliphatic heterocycles. The highest BCUT2D eigenvalue weighted by molar-refractivity contribution is 5.77. The van der Waals surface area contributed by atoms with Crippen LogP contribution in [0.2, 0.25) is 0 Å². The molecule has 0 aliphatic carbocycles. The molecule has 0 aromatic heterocycles. The molecule has 2 fully saturated rings. The minimum absolute atomic E-state index is 0.114. The second-order valence-corrected chi connectivity index (χ2v) is 4.53. The maximum atomic E-state index is 11.3. The van der Waals surface area contributed by atoms with Crippen molar-refractivity contribution in [2.45, 2.75) is 27.2 Å². The summed E-state index contributed by atoms with van der Waals surface area (Å²) in [5.41, 5.74) is 0.362. The second-order valence-electron chi connectivity index (χ2n) is 4.53. The zero-order chi connectivity index (χ0) is 12.2. The fourth-order valence-electron chi connectivity index (χ4n) is 2.63. The molecule has 2 heterocycles. The van der Waals surface area contributed by atoms with Crippen molar-refractivity contribution in [2.24, 2.45) is 5.41 Å². The highest BCUT2D eigenvalue weighted by Crippen LogP contribution is 2.39. The zero-order valence-electron chi connectivity index (χ0n) is 10.7. The topological polar surface area (TPSA) is 43.8 Å². The Morgan fingerprint density at radius 2 is 1.94 bits per heavy atom. The molecule has 0 aromatic carbocycles. The summed E-state index contributed by atoms with van der Waals surface area (Å²) in [4.78, 5) is 15.4. The third kappa shape index (κ3) is 2.55. The molecule has 0 saturated carbocycles. The van der Waals surface area contributed by atoms with Crippen LogP contribution in [0.25, 0.3) is 0 Å². The van der Waals surface area contributed by atoms with E-state index in [9.17, 15) is 4.79 Å². The summed E-state index contributed by atoms with van der Waals surface area (Å²) in [6.45, 7) is 10.9. The van der Waals surface area contributed by atoms with E-state index >= 15 is 0 Å². The summed E-state index contributed by atoms with van der Waals surface area (Å²) in [6.07, 6.45) is 1.11. The van der Waals surface area contributed by atoms with E-state index in [0.717, 1.165) is 39.1 Å². The lowest BCUT2D eigenvalue weighted by molar-refractivity contribution is -0.134. The summed E-state index contributed by atoms with van der Waals surface area (Å²) < 4.78 is 0. The van der Waals surface area contributed by atoms with Gasteiger partial charge in [0.15, 0.2) is 0 Å². The summed E-state index contributed by atoms with van der Waals surface area (Å²) in [5.74, 6) is -0.114. The van der Waals surface area contributed by atoms with Crippen molar-refractivity contribution < 1.29 is 9.90 Å². The molecule has 4 heteroatoms. The largest absolute Gasteiger partial charge is 0.387 e. The molecule has 0 bridgehead atoms. The Kier molecular flexibility index (Phi) is 4.74. The number of aliphatic hydroxyl groups is 1. The van der Waals surface area contributed by atoms with Gasteiger partial charge in [-0.2, -0.15) is 0 Å². The Balaban J connectivity index is 0.000000606. The monoisotopic (exact) mass is 228 g/mol. The van der Waals surface area contributed by atoms with E-state index in [0.29, 0.717) is 5.41 Å². The third-order valence-corrected chi connectivity index (χ3v) is 3.49. The molecule has 16 heavy (non-hydrogen) atoms. The number of amides is 1. The summed E-state index contributed by atoms with van der Waals surface area (Å²) in [5, 5.41) is 8.75. The van der Waals surface area contributed by atoms with Gasteiger partial charge in [0.25, 0.3) is 0 Å². The predicted molar refractivity (Wildman–Crippen MR) is 64.2 cm³/mol. The third-order valence-electron chi connectivity index (χ3n) is 3.49. The van der Waals surface area contributed by atoms with Gasteiger partial charge in [0.05, 0.1) is 0 Å². The standard InChI is InChI=1S/C10H18N2O2.C2H6/c1-2-11-6-10(7-11)3-4-12(8-10)9(14)5-13;1-2/h13H,2-8H2,1H3;1-2H3. The van der Waals surface area contributed by atoms with Crippen LogP contribution < -0.4 is 0 Å². The van der Waals surface area contributed by atoms with Crippen LogP contribution in [-0.4, -0.2) is 60.1 Å². The Bertz CT molecular complexity index is 237. The van der Waals surface area contributed by atoms with Gasteiger partial charge in [-0.05, 0) is 13.0 Å². The molecule has 1 amide bonds. The lowest BCUT2D eigenvalue weighted by Crippen LogP contribution is -2.57. The van der Waals surface area contributed by atoms with Crippen molar-refractivity contribution in [1.82, 2.24) is 9.80 Å². The van der Waals surface area contributed by atoms with Crippen molar-refractivity contribution in [2.75, 3.05) is 39.3 Å². The van der Waals surface area contributed by atoms with Crippen LogP contribution in [-0.2, 0) is 4.79 Å². The SMILES string of the molecule is CC.CCN1CC2(CCN(C(=O)CO)C2)C1. The van der Waals surface area contributed by atoms with Gasteiger partial charge in [0, 0.05) is 31.6 Å². The molecule has 0 unspecified atom stereocenters. The second kappa shape index (κ2) is 5.64. The van der Waals surface area contributed by atoms with Crippen molar-refractivity contribution in [1.29, 1.82) is 0 Å². The minimum atomic E-state index is -0.340. The normalized spacial score (nSPS) is 22.6. The molecule has 0 radical (unpaired) electrons. The first-order valence-corrected chi connectivity index (χ1v) is 6.30. The average molecular weight is 228 g/mol. The molecule has 4 nitrogen and oxygen atoms in total. The number of nitrogens with zero attached hydrogens (tertiary/aromatic N) is 2. The van der Waals surface area contributed by atoms with Crippen LogP contribution in [0.4, 0.5) is 0 Å². The van der Waals surface area contributed by atoms with Crippen molar-refractivity contribution >= 4 is 5.91 Å². The minimum Gasteiger partial charge on any atom is -0.387 e. The van der Waals surface area contributed by atoms with Crippen LogP contribution in [0.1, 0.15) is 27.2 Å². The molecule has 94 valence electrons. The van der Waals surface area contributed by atoms with Crippen molar-refractivity contribution in [3.05, 3.63) is 0 Å². The highest BCUT2D eigenvalue weighted by atomic mass is 16.3. The number of carbonyl (C=O) groups is 1. The van der Waals surface area contributed by atoms with Crippen molar-refractivity contribution in [3.63, 3.8) is 0 Å². The van der Waals surface area contributed by atoms with E-state index in [1.165, 1.54) is 0 Å².